The smallest absolute Gasteiger partial charge is 0.0853 e. The van der Waals surface area contributed by atoms with Crippen LogP contribution < -0.4 is 5.32 Å². The Morgan fingerprint density at radius 1 is 1.00 bits per heavy atom. The van der Waals surface area contributed by atoms with Crippen LogP contribution in [0.2, 0.25) is 0 Å². The molecule has 0 aliphatic rings. The molecule has 1 heterocycles. The van der Waals surface area contributed by atoms with Crippen LogP contribution in [0.5, 0.6) is 0 Å². The minimum absolute atomic E-state index is 0.279. The minimum atomic E-state index is 0.279. The van der Waals surface area contributed by atoms with E-state index in [0.717, 1.165) is 30.6 Å². The maximum absolute atomic E-state index is 4.55. The van der Waals surface area contributed by atoms with Crippen LogP contribution in [-0.2, 0) is 19.9 Å². The van der Waals surface area contributed by atoms with Gasteiger partial charge in [-0.2, -0.15) is 5.10 Å². The first-order valence-corrected chi connectivity index (χ1v) is 8.64. The SMILES string of the molecule is CCc1nn(C)cc1NC(CCc1ccccc1)c1ccccc1. The molecule has 3 aromatic rings. The number of anilines is 1. The summed E-state index contributed by atoms with van der Waals surface area (Å²) >= 11 is 0. The van der Waals surface area contributed by atoms with Crippen LogP contribution in [0, 0.1) is 0 Å². The third-order valence-corrected chi connectivity index (χ3v) is 4.34. The number of aromatic nitrogens is 2. The highest BCUT2D eigenvalue weighted by Gasteiger charge is 2.15. The predicted molar refractivity (Wildman–Crippen MR) is 100 cm³/mol. The van der Waals surface area contributed by atoms with E-state index in [1.165, 1.54) is 11.1 Å². The Balaban J connectivity index is 1.79. The molecule has 0 aliphatic heterocycles. The summed E-state index contributed by atoms with van der Waals surface area (Å²) in [6.45, 7) is 2.15. The van der Waals surface area contributed by atoms with Crippen LogP contribution in [0.4, 0.5) is 5.69 Å². The van der Waals surface area contributed by atoms with Crippen molar-refractivity contribution in [2.24, 2.45) is 7.05 Å². The molecular formula is C21H25N3. The second-order valence-electron chi connectivity index (χ2n) is 6.15. The van der Waals surface area contributed by atoms with E-state index in [1.807, 2.05) is 11.7 Å². The lowest BCUT2D eigenvalue weighted by Gasteiger charge is -2.20. The maximum atomic E-state index is 4.55. The van der Waals surface area contributed by atoms with Gasteiger partial charge in [-0.05, 0) is 30.4 Å². The third kappa shape index (κ3) is 4.05. The Bertz CT molecular complexity index is 747. The van der Waals surface area contributed by atoms with Crippen molar-refractivity contribution in [3.8, 4) is 0 Å². The molecule has 0 saturated heterocycles. The van der Waals surface area contributed by atoms with Gasteiger partial charge in [0.1, 0.15) is 0 Å². The summed E-state index contributed by atoms with van der Waals surface area (Å²) in [6, 6.07) is 21.6. The van der Waals surface area contributed by atoms with Gasteiger partial charge in [-0.1, -0.05) is 67.6 Å². The van der Waals surface area contributed by atoms with Crippen molar-refractivity contribution in [3.05, 3.63) is 83.7 Å². The zero-order valence-corrected chi connectivity index (χ0v) is 14.4. The van der Waals surface area contributed by atoms with Crippen molar-refractivity contribution < 1.29 is 0 Å². The van der Waals surface area contributed by atoms with Gasteiger partial charge in [0, 0.05) is 13.2 Å². The summed E-state index contributed by atoms with van der Waals surface area (Å²) in [4.78, 5) is 0. The molecule has 1 unspecified atom stereocenters. The lowest BCUT2D eigenvalue weighted by Crippen LogP contribution is -2.12. The first-order valence-electron chi connectivity index (χ1n) is 8.64. The lowest BCUT2D eigenvalue weighted by molar-refractivity contribution is 0.692. The van der Waals surface area contributed by atoms with Crippen LogP contribution in [0.25, 0.3) is 0 Å². The Labute approximate surface area is 144 Å². The topological polar surface area (TPSA) is 29.9 Å². The molecule has 1 N–H and O–H groups in total. The minimum Gasteiger partial charge on any atom is -0.375 e. The van der Waals surface area contributed by atoms with Crippen LogP contribution >= 0.6 is 0 Å². The molecule has 124 valence electrons. The van der Waals surface area contributed by atoms with E-state index in [4.69, 9.17) is 0 Å². The summed E-state index contributed by atoms with van der Waals surface area (Å²) in [5.41, 5.74) is 4.96. The molecule has 24 heavy (non-hydrogen) atoms. The third-order valence-electron chi connectivity index (χ3n) is 4.34. The van der Waals surface area contributed by atoms with Gasteiger partial charge in [0.15, 0.2) is 0 Å². The first-order chi connectivity index (χ1) is 11.8. The Morgan fingerprint density at radius 2 is 1.67 bits per heavy atom. The molecule has 0 saturated carbocycles. The molecule has 3 heteroatoms. The molecule has 0 fully saturated rings. The fourth-order valence-corrected chi connectivity index (χ4v) is 3.07. The van der Waals surface area contributed by atoms with Crippen LogP contribution in [0.1, 0.15) is 36.2 Å². The number of nitrogens with zero attached hydrogens (tertiary/aromatic N) is 2. The van der Waals surface area contributed by atoms with Crippen molar-refractivity contribution in [1.29, 1.82) is 0 Å². The summed E-state index contributed by atoms with van der Waals surface area (Å²) in [5, 5.41) is 8.27. The lowest BCUT2D eigenvalue weighted by atomic mass is 9.98. The highest BCUT2D eigenvalue weighted by molar-refractivity contribution is 5.48. The monoisotopic (exact) mass is 319 g/mol. The molecule has 0 aliphatic carbocycles. The largest absolute Gasteiger partial charge is 0.375 e. The number of hydrogen-bond acceptors (Lipinski definition) is 2. The molecule has 0 radical (unpaired) electrons. The molecule has 1 atom stereocenters. The Hall–Kier alpha value is -2.55. The Kier molecular flexibility index (Phi) is 5.32. The van der Waals surface area contributed by atoms with Gasteiger partial charge in [-0.3, -0.25) is 4.68 Å². The van der Waals surface area contributed by atoms with Gasteiger partial charge in [-0.25, -0.2) is 0 Å². The molecule has 3 nitrogen and oxygen atoms in total. The normalized spacial score (nSPS) is 12.1. The zero-order valence-electron chi connectivity index (χ0n) is 14.4. The number of hydrogen-bond donors (Lipinski definition) is 1. The second-order valence-corrected chi connectivity index (χ2v) is 6.15. The fraction of sp³-hybridized carbons (Fsp3) is 0.286. The van der Waals surface area contributed by atoms with Crippen molar-refractivity contribution in [1.82, 2.24) is 9.78 Å². The molecular weight excluding hydrogens is 294 g/mol. The number of nitrogens with one attached hydrogen (secondary N) is 1. The van der Waals surface area contributed by atoms with Gasteiger partial charge < -0.3 is 5.32 Å². The van der Waals surface area contributed by atoms with Crippen molar-refractivity contribution >= 4 is 5.69 Å². The molecule has 0 amide bonds. The van der Waals surface area contributed by atoms with Crippen LogP contribution in [0.3, 0.4) is 0 Å². The predicted octanol–water partition coefficient (Wildman–Crippen LogP) is 4.77. The average molecular weight is 319 g/mol. The van der Waals surface area contributed by atoms with E-state index >= 15 is 0 Å². The van der Waals surface area contributed by atoms with E-state index < -0.39 is 0 Å². The van der Waals surface area contributed by atoms with Gasteiger partial charge in [-0.15, -0.1) is 0 Å². The van der Waals surface area contributed by atoms with E-state index in [2.05, 4.69) is 84.2 Å². The Morgan fingerprint density at radius 3 is 2.33 bits per heavy atom. The summed E-state index contributed by atoms with van der Waals surface area (Å²) in [6.07, 6.45) is 5.11. The highest BCUT2D eigenvalue weighted by atomic mass is 15.3. The number of benzene rings is 2. The van der Waals surface area contributed by atoms with E-state index in [1.54, 1.807) is 0 Å². The summed E-state index contributed by atoms with van der Waals surface area (Å²) < 4.78 is 1.89. The van der Waals surface area contributed by atoms with Crippen molar-refractivity contribution in [2.45, 2.75) is 32.2 Å². The number of aryl methyl sites for hydroxylation is 3. The summed E-state index contributed by atoms with van der Waals surface area (Å²) in [5.74, 6) is 0. The van der Waals surface area contributed by atoms with Crippen LogP contribution in [-0.4, -0.2) is 9.78 Å². The molecule has 3 rings (SSSR count). The van der Waals surface area contributed by atoms with Crippen molar-refractivity contribution in [3.63, 3.8) is 0 Å². The maximum Gasteiger partial charge on any atom is 0.0853 e. The van der Waals surface area contributed by atoms with E-state index in [0.29, 0.717) is 0 Å². The van der Waals surface area contributed by atoms with E-state index in [9.17, 15) is 0 Å². The first kappa shape index (κ1) is 16.3. The van der Waals surface area contributed by atoms with Gasteiger partial charge >= 0.3 is 0 Å². The van der Waals surface area contributed by atoms with Crippen LogP contribution in [0.15, 0.2) is 66.9 Å². The number of rotatable bonds is 7. The zero-order chi connectivity index (χ0) is 16.8. The second kappa shape index (κ2) is 7.82. The standard InChI is InChI=1S/C21H25N3/c1-3-19-21(16-24(2)23-19)22-20(18-12-8-5-9-13-18)15-14-17-10-6-4-7-11-17/h4-13,16,20,22H,3,14-15H2,1-2H3. The molecule has 0 bridgehead atoms. The van der Waals surface area contributed by atoms with Gasteiger partial charge in [0.05, 0.1) is 17.4 Å². The fourth-order valence-electron chi connectivity index (χ4n) is 3.07. The molecule has 2 aromatic carbocycles. The van der Waals surface area contributed by atoms with Crippen molar-refractivity contribution in [2.75, 3.05) is 5.32 Å². The summed E-state index contributed by atoms with van der Waals surface area (Å²) in [7, 11) is 1.98. The van der Waals surface area contributed by atoms with Gasteiger partial charge in [0.2, 0.25) is 0 Å². The quantitative estimate of drug-likeness (QED) is 0.680. The van der Waals surface area contributed by atoms with E-state index in [-0.39, 0.29) is 6.04 Å². The molecule has 0 spiro atoms. The van der Waals surface area contributed by atoms with Gasteiger partial charge in [0.25, 0.3) is 0 Å². The molecule has 1 aromatic heterocycles. The highest BCUT2D eigenvalue weighted by Crippen LogP contribution is 2.26. The average Bonchev–Trinajstić information content (AvgIpc) is 2.99.